The van der Waals surface area contributed by atoms with Gasteiger partial charge < -0.3 is 15.4 Å². The van der Waals surface area contributed by atoms with Crippen LogP contribution in [0, 0.1) is 0 Å². The minimum atomic E-state index is -0.413. The lowest BCUT2D eigenvalue weighted by molar-refractivity contribution is 0.0527. The first-order valence-electron chi connectivity index (χ1n) is 9.33. The molecule has 27 heavy (non-hydrogen) atoms. The standard InChI is InChI=1S/C20H24N4O3/c1-2-27-19(26)16-10-6-7-11-17(16)24-20-21-12-14(13-22-20)18(25)23-15-8-4-3-5-9-15/h6-7,10-13,15H,2-5,8-9H2,1H3,(H,23,25)(H,21,22,24). The highest BCUT2D eigenvalue weighted by atomic mass is 16.5. The molecule has 2 N–H and O–H groups in total. The number of esters is 1. The predicted molar refractivity (Wildman–Crippen MR) is 102 cm³/mol. The molecule has 7 nitrogen and oxygen atoms in total. The summed E-state index contributed by atoms with van der Waals surface area (Å²) in [5, 5.41) is 6.05. The van der Waals surface area contributed by atoms with Crippen LogP contribution in [0.1, 0.15) is 59.7 Å². The van der Waals surface area contributed by atoms with Gasteiger partial charge in [0.05, 0.1) is 23.4 Å². The van der Waals surface area contributed by atoms with Crippen LogP contribution >= 0.6 is 0 Å². The number of nitrogens with zero attached hydrogens (tertiary/aromatic N) is 2. The number of hydrogen-bond acceptors (Lipinski definition) is 6. The number of aromatic nitrogens is 2. The number of rotatable bonds is 6. The number of anilines is 2. The van der Waals surface area contributed by atoms with E-state index in [4.69, 9.17) is 4.74 Å². The van der Waals surface area contributed by atoms with Gasteiger partial charge in [-0.2, -0.15) is 0 Å². The Morgan fingerprint density at radius 3 is 2.52 bits per heavy atom. The van der Waals surface area contributed by atoms with E-state index in [1.807, 2.05) is 0 Å². The second kappa shape index (κ2) is 9.12. The average molecular weight is 368 g/mol. The molecular weight excluding hydrogens is 344 g/mol. The zero-order valence-corrected chi connectivity index (χ0v) is 15.4. The van der Waals surface area contributed by atoms with Crippen molar-refractivity contribution in [1.29, 1.82) is 0 Å². The molecule has 1 heterocycles. The maximum atomic E-state index is 12.3. The summed E-state index contributed by atoms with van der Waals surface area (Å²) in [6, 6.07) is 7.22. The molecule has 0 aliphatic heterocycles. The Morgan fingerprint density at radius 2 is 1.81 bits per heavy atom. The van der Waals surface area contributed by atoms with Crippen LogP contribution < -0.4 is 10.6 Å². The van der Waals surface area contributed by atoms with Crippen molar-refractivity contribution in [3.05, 3.63) is 47.8 Å². The molecule has 0 saturated heterocycles. The maximum Gasteiger partial charge on any atom is 0.340 e. The summed E-state index contributed by atoms with van der Waals surface area (Å²) in [5.41, 5.74) is 1.38. The summed E-state index contributed by atoms with van der Waals surface area (Å²) in [6.45, 7) is 2.06. The molecule has 142 valence electrons. The third-order valence-electron chi connectivity index (χ3n) is 4.52. The molecular formula is C20H24N4O3. The highest BCUT2D eigenvalue weighted by molar-refractivity contribution is 5.96. The Balaban J connectivity index is 1.66. The molecule has 0 unspecified atom stereocenters. The zero-order chi connectivity index (χ0) is 19.1. The molecule has 2 aromatic rings. The molecule has 3 rings (SSSR count). The van der Waals surface area contributed by atoms with Crippen molar-refractivity contribution in [2.45, 2.75) is 45.1 Å². The lowest BCUT2D eigenvalue weighted by atomic mass is 9.95. The fourth-order valence-electron chi connectivity index (χ4n) is 3.12. The number of carbonyl (C=O) groups is 2. The molecule has 1 aromatic heterocycles. The van der Waals surface area contributed by atoms with Crippen molar-refractivity contribution in [2.24, 2.45) is 0 Å². The number of para-hydroxylation sites is 1. The Morgan fingerprint density at radius 1 is 1.11 bits per heavy atom. The van der Waals surface area contributed by atoms with Gasteiger partial charge in [0.25, 0.3) is 5.91 Å². The summed E-state index contributed by atoms with van der Waals surface area (Å²) < 4.78 is 5.06. The van der Waals surface area contributed by atoms with Crippen molar-refractivity contribution in [3.8, 4) is 0 Å². The van der Waals surface area contributed by atoms with Gasteiger partial charge in [-0.3, -0.25) is 4.79 Å². The molecule has 1 amide bonds. The van der Waals surface area contributed by atoms with Crippen molar-refractivity contribution in [1.82, 2.24) is 15.3 Å². The predicted octanol–water partition coefficient (Wildman–Crippen LogP) is 3.46. The van der Waals surface area contributed by atoms with E-state index < -0.39 is 5.97 Å². The second-order valence-electron chi connectivity index (χ2n) is 6.49. The van der Waals surface area contributed by atoms with E-state index >= 15 is 0 Å². The van der Waals surface area contributed by atoms with Crippen LogP contribution in [0.25, 0.3) is 0 Å². The minimum absolute atomic E-state index is 0.152. The molecule has 0 radical (unpaired) electrons. The summed E-state index contributed by atoms with van der Waals surface area (Å²) in [6.07, 6.45) is 8.58. The van der Waals surface area contributed by atoms with E-state index in [9.17, 15) is 9.59 Å². The number of nitrogens with one attached hydrogen (secondary N) is 2. The zero-order valence-electron chi connectivity index (χ0n) is 15.4. The quantitative estimate of drug-likeness (QED) is 0.759. The highest BCUT2D eigenvalue weighted by Crippen LogP contribution is 2.20. The number of benzene rings is 1. The van der Waals surface area contributed by atoms with Crippen LogP contribution in [-0.2, 0) is 4.74 Å². The lowest BCUT2D eigenvalue weighted by Gasteiger charge is -2.22. The van der Waals surface area contributed by atoms with E-state index in [1.165, 1.54) is 18.8 Å². The summed E-state index contributed by atoms with van der Waals surface area (Å²) in [4.78, 5) is 32.8. The largest absolute Gasteiger partial charge is 0.462 e. The third kappa shape index (κ3) is 5.03. The van der Waals surface area contributed by atoms with Crippen molar-refractivity contribution < 1.29 is 14.3 Å². The van der Waals surface area contributed by atoms with E-state index in [2.05, 4.69) is 20.6 Å². The topological polar surface area (TPSA) is 93.2 Å². The highest BCUT2D eigenvalue weighted by Gasteiger charge is 2.17. The van der Waals surface area contributed by atoms with Crippen molar-refractivity contribution in [3.63, 3.8) is 0 Å². The van der Waals surface area contributed by atoms with Gasteiger partial charge >= 0.3 is 5.97 Å². The summed E-state index contributed by atoms with van der Waals surface area (Å²) >= 11 is 0. The van der Waals surface area contributed by atoms with Gasteiger partial charge in [0.2, 0.25) is 5.95 Å². The number of amides is 1. The molecule has 1 aliphatic carbocycles. The Kier molecular flexibility index (Phi) is 6.35. The Bertz CT molecular complexity index is 786. The number of ether oxygens (including phenoxy) is 1. The maximum absolute atomic E-state index is 12.3. The van der Waals surface area contributed by atoms with Crippen molar-refractivity contribution in [2.75, 3.05) is 11.9 Å². The van der Waals surface area contributed by atoms with Crippen LogP contribution in [-0.4, -0.2) is 34.5 Å². The smallest absolute Gasteiger partial charge is 0.340 e. The fourth-order valence-corrected chi connectivity index (χ4v) is 3.12. The molecule has 0 atom stereocenters. The van der Waals surface area contributed by atoms with Gasteiger partial charge in [0.1, 0.15) is 0 Å². The molecule has 1 saturated carbocycles. The van der Waals surface area contributed by atoms with Gasteiger partial charge in [0.15, 0.2) is 0 Å². The van der Waals surface area contributed by atoms with Gasteiger partial charge in [-0.1, -0.05) is 31.4 Å². The van der Waals surface area contributed by atoms with Gasteiger partial charge in [0, 0.05) is 18.4 Å². The van der Waals surface area contributed by atoms with Crippen molar-refractivity contribution >= 4 is 23.5 Å². The lowest BCUT2D eigenvalue weighted by Crippen LogP contribution is -2.36. The van der Waals surface area contributed by atoms with Gasteiger partial charge in [-0.25, -0.2) is 14.8 Å². The van der Waals surface area contributed by atoms with Gasteiger partial charge in [-0.15, -0.1) is 0 Å². The third-order valence-corrected chi connectivity index (χ3v) is 4.52. The second-order valence-corrected chi connectivity index (χ2v) is 6.49. The van der Waals surface area contributed by atoms with Crippen LogP contribution in [0.3, 0.4) is 0 Å². The van der Waals surface area contributed by atoms with E-state index in [1.54, 1.807) is 31.2 Å². The first-order chi connectivity index (χ1) is 13.2. The van der Waals surface area contributed by atoms with Crippen LogP contribution in [0.2, 0.25) is 0 Å². The average Bonchev–Trinajstić information content (AvgIpc) is 2.70. The van der Waals surface area contributed by atoms with Crippen LogP contribution in [0.5, 0.6) is 0 Å². The molecule has 0 bridgehead atoms. The Labute approximate surface area is 158 Å². The normalized spacial score (nSPS) is 14.4. The minimum Gasteiger partial charge on any atom is -0.462 e. The molecule has 0 spiro atoms. The first kappa shape index (κ1) is 18.8. The summed E-state index contributed by atoms with van der Waals surface area (Å²) in [7, 11) is 0. The first-order valence-corrected chi connectivity index (χ1v) is 9.33. The molecule has 1 fully saturated rings. The van der Waals surface area contributed by atoms with E-state index in [0.29, 0.717) is 29.4 Å². The van der Waals surface area contributed by atoms with Crippen LogP contribution in [0.4, 0.5) is 11.6 Å². The fraction of sp³-hybridized carbons (Fsp3) is 0.400. The van der Waals surface area contributed by atoms with E-state index in [0.717, 1.165) is 25.7 Å². The molecule has 1 aliphatic rings. The van der Waals surface area contributed by atoms with Gasteiger partial charge in [-0.05, 0) is 31.9 Å². The summed E-state index contributed by atoms with van der Waals surface area (Å²) in [5.74, 6) is -0.259. The monoisotopic (exact) mass is 368 g/mol. The van der Waals surface area contributed by atoms with Crippen LogP contribution in [0.15, 0.2) is 36.7 Å². The molecule has 1 aromatic carbocycles. The number of hydrogen-bond donors (Lipinski definition) is 2. The van der Waals surface area contributed by atoms with E-state index in [-0.39, 0.29) is 11.9 Å². The SMILES string of the molecule is CCOC(=O)c1ccccc1Nc1ncc(C(=O)NC2CCCCC2)cn1. The number of carbonyl (C=O) groups excluding carboxylic acids is 2. The Hall–Kier alpha value is -2.96. The molecule has 7 heteroatoms.